The van der Waals surface area contributed by atoms with Crippen molar-refractivity contribution in [3.8, 4) is 0 Å². The summed E-state index contributed by atoms with van der Waals surface area (Å²) in [5, 5.41) is 2.19. The summed E-state index contributed by atoms with van der Waals surface area (Å²) >= 11 is 0. The fourth-order valence-corrected chi connectivity index (χ4v) is 2.95. The van der Waals surface area contributed by atoms with E-state index in [1.165, 1.54) is 19.3 Å². The van der Waals surface area contributed by atoms with E-state index in [1.807, 2.05) is 0 Å². The number of hydrogen-bond donors (Lipinski definition) is 1. The van der Waals surface area contributed by atoms with Gasteiger partial charge in [-0.05, 0) is 12.8 Å². The van der Waals surface area contributed by atoms with Crippen LogP contribution in [0.2, 0.25) is 0 Å². The Kier molecular flexibility index (Phi) is 6.77. The number of nitrogens with two attached hydrogens (primary N) is 1. The van der Waals surface area contributed by atoms with Crippen LogP contribution in [0, 0.1) is 5.92 Å². The monoisotopic (exact) mass is 287 g/mol. The Morgan fingerprint density at radius 2 is 1.80 bits per heavy atom. The maximum absolute atomic E-state index is 6.18. The molecule has 0 aromatic carbocycles. The highest BCUT2D eigenvalue weighted by Crippen LogP contribution is 2.30. The predicted octanol–water partition coefficient (Wildman–Crippen LogP) is 1.05. The van der Waals surface area contributed by atoms with Gasteiger partial charge >= 0.3 is 6.96 Å². The fourth-order valence-electron chi connectivity index (χ4n) is 2.95. The highest BCUT2D eigenvalue weighted by molar-refractivity contribution is 6.53. The van der Waals surface area contributed by atoms with Crippen molar-refractivity contribution in [2.45, 2.75) is 52.1 Å². The first-order valence-corrected chi connectivity index (χ1v) is 8.33. The molecule has 0 saturated carbocycles. The summed E-state index contributed by atoms with van der Waals surface area (Å²) in [5.41, 5.74) is 0. The third-order valence-electron chi connectivity index (χ3n) is 4.29. The molecule has 20 heavy (non-hydrogen) atoms. The van der Waals surface area contributed by atoms with E-state index < -0.39 is 6.96 Å². The lowest BCUT2D eigenvalue weighted by Gasteiger charge is -2.50. The molecule has 2 atom stereocenters. The van der Waals surface area contributed by atoms with Crippen molar-refractivity contribution >= 4 is 6.96 Å². The number of hydrogen-bond acceptors (Lipinski definition) is 4. The molecule has 2 aliphatic heterocycles. The van der Waals surface area contributed by atoms with Gasteiger partial charge in [-0.3, -0.25) is 0 Å². The Balaban J connectivity index is 1.93. The van der Waals surface area contributed by atoms with Crippen LogP contribution in [0.25, 0.3) is 0 Å². The van der Waals surface area contributed by atoms with E-state index >= 15 is 0 Å². The van der Waals surface area contributed by atoms with Crippen LogP contribution in [0.5, 0.6) is 0 Å². The van der Waals surface area contributed by atoms with Crippen molar-refractivity contribution in [2.24, 2.45) is 5.92 Å². The lowest BCUT2D eigenvalue weighted by Crippen LogP contribution is -2.87. The summed E-state index contributed by atoms with van der Waals surface area (Å²) in [6.45, 7) is 6.28. The smallest absolute Gasteiger partial charge is 0.518 e. The summed E-state index contributed by atoms with van der Waals surface area (Å²) in [4.78, 5) is 0. The summed E-state index contributed by atoms with van der Waals surface area (Å²) in [6, 6.07) is 0. The molecule has 0 bridgehead atoms. The van der Waals surface area contributed by atoms with Gasteiger partial charge in [0, 0.05) is 18.6 Å². The van der Waals surface area contributed by atoms with Crippen LogP contribution in [-0.4, -0.2) is 46.0 Å². The molecule has 2 rings (SSSR count). The molecule has 0 aromatic heterocycles. The molecular formula is C14H30BNO4. The molecule has 2 fully saturated rings. The molecule has 5 nitrogen and oxygen atoms in total. The van der Waals surface area contributed by atoms with Crippen LogP contribution in [-0.2, 0) is 18.6 Å². The van der Waals surface area contributed by atoms with Gasteiger partial charge in [-0.2, -0.15) is 0 Å². The van der Waals surface area contributed by atoms with E-state index in [2.05, 4.69) is 19.2 Å². The highest BCUT2D eigenvalue weighted by Gasteiger charge is 2.41. The minimum absolute atomic E-state index is 0.212. The maximum atomic E-state index is 6.18. The molecule has 2 heterocycles. The van der Waals surface area contributed by atoms with Gasteiger partial charge in [0.1, 0.15) is 0 Å². The standard InChI is InChI=1S/C14H29BNO4/c1-3-5-6-7-14-13(4-2)12-19-15(20-14)17-10-8-16-9-11-18-15/h13-14,16H,3-12H2,1-2H3/q-1/p+1. The van der Waals surface area contributed by atoms with Gasteiger partial charge in [-0.25, -0.2) is 0 Å². The van der Waals surface area contributed by atoms with E-state index in [0.717, 1.165) is 25.9 Å². The van der Waals surface area contributed by atoms with Gasteiger partial charge in [0.05, 0.1) is 26.3 Å². The first-order chi connectivity index (χ1) is 9.79. The van der Waals surface area contributed by atoms with Crippen molar-refractivity contribution in [2.75, 3.05) is 32.9 Å². The average molecular weight is 287 g/mol. The predicted molar refractivity (Wildman–Crippen MR) is 78.1 cm³/mol. The van der Waals surface area contributed by atoms with E-state index in [4.69, 9.17) is 18.6 Å². The lowest BCUT2D eigenvalue weighted by atomic mass is 9.89. The molecular weight excluding hydrogens is 257 g/mol. The summed E-state index contributed by atoms with van der Waals surface area (Å²) < 4.78 is 23.7. The normalized spacial score (nSPS) is 30.9. The first kappa shape index (κ1) is 16.2. The zero-order valence-electron chi connectivity index (χ0n) is 13.0. The van der Waals surface area contributed by atoms with Crippen molar-refractivity contribution in [3.63, 3.8) is 0 Å². The third-order valence-corrected chi connectivity index (χ3v) is 4.29. The van der Waals surface area contributed by atoms with E-state index in [-0.39, 0.29) is 6.10 Å². The molecule has 0 aliphatic carbocycles. The molecule has 6 heteroatoms. The SMILES string of the molecule is CCCCCC1O[B-]2(OCC[NH2+]CCO2)OCC1CC. The number of unbranched alkanes of at least 4 members (excludes halogenated alkanes) is 2. The topological polar surface area (TPSA) is 53.5 Å². The van der Waals surface area contributed by atoms with Crippen LogP contribution in [0.4, 0.5) is 0 Å². The van der Waals surface area contributed by atoms with Crippen LogP contribution in [0.15, 0.2) is 0 Å². The second-order valence-corrected chi connectivity index (χ2v) is 5.86. The highest BCUT2D eigenvalue weighted by atomic mass is 16.9. The van der Waals surface area contributed by atoms with Crippen molar-refractivity contribution < 1.29 is 23.9 Å². The Bertz CT molecular complexity index is 272. The second kappa shape index (κ2) is 8.34. The van der Waals surface area contributed by atoms with E-state index in [1.54, 1.807) is 0 Å². The first-order valence-electron chi connectivity index (χ1n) is 8.33. The molecule has 118 valence electrons. The Morgan fingerprint density at radius 1 is 1.05 bits per heavy atom. The van der Waals surface area contributed by atoms with E-state index in [9.17, 15) is 0 Å². The van der Waals surface area contributed by atoms with Crippen LogP contribution >= 0.6 is 0 Å². The zero-order chi connectivity index (χ0) is 14.3. The fraction of sp³-hybridized carbons (Fsp3) is 1.00. The molecule has 0 aromatic rings. The van der Waals surface area contributed by atoms with Crippen LogP contribution in [0.3, 0.4) is 0 Å². The van der Waals surface area contributed by atoms with Crippen molar-refractivity contribution in [1.82, 2.24) is 0 Å². The minimum atomic E-state index is -1.97. The summed E-state index contributed by atoms with van der Waals surface area (Å²) in [6.07, 6.45) is 6.07. The van der Waals surface area contributed by atoms with Crippen LogP contribution in [0.1, 0.15) is 46.0 Å². The van der Waals surface area contributed by atoms with E-state index in [0.29, 0.717) is 25.7 Å². The van der Waals surface area contributed by atoms with Gasteiger partial charge in [-0.15, -0.1) is 0 Å². The number of rotatable bonds is 5. The second-order valence-electron chi connectivity index (χ2n) is 5.86. The van der Waals surface area contributed by atoms with Gasteiger partial charge in [0.2, 0.25) is 0 Å². The minimum Gasteiger partial charge on any atom is -0.518 e. The van der Waals surface area contributed by atoms with Gasteiger partial charge in [-0.1, -0.05) is 33.1 Å². The largest absolute Gasteiger partial charge is 0.531 e. The Labute approximate surface area is 122 Å². The van der Waals surface area contributed by atoms with Crippen molar-refractivity contribution in [3.05, 3.63) is 0 Å². The molecule has 1 spiro atoms. The van der Waals surface area contributed by atoms with Crippen LogP contribution < -0.4 is 5.32 Å². The van der Waals surface area contributed by atoms with Gasteiger partial charge < -0.3 is 23.9 Å². The Morgan fingerprint density at radius 3 is 2.45 bits per heavy atom. The third kappa shape index (κ3) is 4.43. The molecule has 2 aliphatic rings. The quantitative estimate of drug-likeness (QED) is 0.607. The van der Waals surface area contributed by atoms with Crippen molar-refractivity contribution in [1.29, 1.82) is 0 Å². The lowest BCUT2D eigenvalue weighted by molar-refractivity contribution is -0.658. The number of quaternary nitrogens is 1. The maximum Gasteiger partial charge on any atom is 0.531 e. The summed E-state index contributed by atoms with van der Waals surface area (Å²) in [7, 11) is 0. The summed E-state index contributed by atoms with van der Waals surface area (Å²) in [5.74, 6) is 0.462. The molecule has 2 saturated heterocycles. The van der Waals surface area contributed by atoms with Gasteiger partial charge in [0.25, 0.3) is 0 Å². The molecule has 0 amide bonds. The molecule has 2 N–H and O–H groups in total. The molecule has 2 unspecified atom stereocenters. The van der Waals surface area contributed by atoms with Gasteiger partial charge in [0.15, 0.2) is 0 Å². The average Bonchev–Trinajstić information content (AvgIpc) is 2.44. The zero-order valence-corrected chi connectivity index (χ0v) is 13.0. The Hall–Kier alpha value is -0.135. The molecule has 0 radical (unpaired) electrons.